The van der Waals surface area contributed by atoms with Crippen LogP contribution in [0.2, 0.25) is 0 Å². The maximum Gasteiger partial charge on any atom is 0.244 e. The summed E-state index contributed by atoms with van der Waals surface area (Å²) in [7, 11) is 0. The van der Waals surface area contributed by atoms with Gasteiger partial charge in [-0.15, -0.1) is 0 Å². The second-order valence-corrected chi connectivity index (χ2v) is 7.97. The van der Waals surface area contributed by atoms with E-state index in [0.29, 0.717) is 18.0 Å². The lowest BCUT2D eigenvalue weighted by molar-refractivity contribution is -0.131. The largest absolute Gasteiger partial charge is 0.325 e. The summed E-state index contributed by atoms with van der Waals surface area (Å²) >= 11 is 0. The van der Waals surface area contributed by atoms with Crippen LogP contribution >= 0.6 is 0 Å². The number of amides is 1. The van der Waals surface area contributed by atoms with Gasteiger partial charge in [-0.3, -0.25) is 10.1 Å². The number of hydrogen-bond donors (Lipinski definition) is 1. The first kappa shape index (κ1) is 14.4. The summed E-state index contributed by atoms with van der Waals surface area (Å²) in [5.41, 5.74) is -0.139. The van der Waals surface area contributed by atoms with Gasteiger partial charge in [0.2, 0.25) is 5.91 Å². The van der Waals surface area contributed by atoms with Crippen LogP contribution in [0.4, 0.5) is 0 Å². The summed E-state index contributed by atoms with van der Waals surface area (Å²) in [6, 6.07) is 0. The lowest BCUT2D eigenvalue weighted by Crippen LogP contribution is -2.42. The molecule has 3 aliphatic rings. The highest BCUT2D eigenvalue weighted by Gasteiger charge is 2.59. The molecule has 2 aliphatic carbocycles. The third-order valence-corrected chi connectivity index (χ3v) is 5.43. The van der Waals surface area contributed by atoms with E-state index in [1.807, 2.05) is 0 Å². The first-order valence-corrected chi connectivity index (χ1v) is 8.59. The summed E-state index contributed by atoms with van der Waals surface area (Å²) in [4.78, 5) is 14.9. The second kappa shape index (κ2) is 5.32. The van der Waals surface area contributed by atoms with Crippen molar-refractivity contribution in [2.45, 2.75) is 77.4 Å². The molecule has 0 aromatic carbocycles. The molecular formula is C17H30N2O. The Kier molecular flexibility index (Phi) is 3.83. The first-order valence-electron chi connectivity index (χ1n) is 8.59. The Hall–Kier alpha value is -0.570. The van der Waals surface area contributed by atoms with Crippen LogP contribution in [-0.2, 0) is 4.79 Å². The molecule has 2 saturated carbocycles. The summed E-state index contributed by atoms with van der Waals surface area (Å²) < 4.78 is 0. The molecule has 1 aliphatic heterocycles. The van der Waals surface area contributed by atoms with Gasteiger partial charge in [-0.05, 0) is 49.9 Å². The quantitative estimate of drug-likeness (QED) is 0.857. The lowest BCUT2D eigenvalue weighted by atomic mass is 9.82. The van der Waals surface area contributed by atoms with Gasteiger partial charge in [-0.2, -0.15) is 0 Å². The molecule has 1 amide bonds. The minimum Gasteiger partial charge on any atom is -0.325 e. The number of nitrogens with zero attached hydrogens (tertiary/aromatic N) is 1. The van der Waals surface area contributed by atoms with Gasteiger partial charge in [0.25, 0.3) is 0 Å². The van der Waals surface area contributed by atoms with E-state index in [1.54, 1.807) is 0 Å². The Morgan fingerprint density at radius 1 is 1.35 bits per heavy atom. The van der Waals surface area contributed by atoms with E-state index >= 15 is 0 Å². The fourth-order valence-electron chi connectivity index (χ4n) is 4.20. The molecule has 3 fully saturated rings. The minimum absolute atomic E-state index is 0.139. The highest BCUT2D eigenvalue weighted by atomic mass is 16.2. The summed E-state index contributed by atoms with van der Waals surface area (Å²) in [6.45, 7) is 7.87. The molecule has 0 aromatic rings. The van der Waals surface area contributed by atoms with Crippen molar-refractivity contribution in [1.29, 1.82) is 0 Å². The Labute approximate surface area is 123 Å². The van der Waals surface area contributed by atoms with Gasteiger partial charge >= 0.3 is 0 Å². The van der Waals surface area contributed by atoms with Gasteiger partial charge in [-0.25, -0.2) is 0 Å². The van der Waals surface area contributed by atoms with Crippen molar-refractivity contribution in [2.75, 3.05) is 6.54 Å². The van der Waals surface area contributed by atoms with E-state index in [4.69, 9.17) is 0 Å². The van der Waals surface area contributed by atoms with Crippen molar-refractivity contribution in [1.82, 2.24) is 10.2 Å². The van der Waals surface area contributed by atoms with Gasteiger partial charge in [0.1, 0.15) is 0 Å². The van der Waals surface area contributed by atoms with Crippen molar-refractivity contribution in [2.24, 2.45) is 17.8 Å². The second-order valence-electron chi connectivity index (χ2n) is 7.97. The SMILES string of the molecule is CC(C)CC1NC2(CC2)C(=O)N1CC1CCCC(C)C1. The average Bonchev–Trinajstić information content (AvgIpc) is 3.10. The predicted molar refractivity (Wildman–Crippen MR) is 81.2 cm³/mol. The third-order valence-electron chi connectivity index (χ3n) is 5.43. The van der Waals surface area contributed by atoms with Crippen LogP contribution < -0.4 is 5.32 Å². The van der Waals surface area contributed by atoms with Gasteiger partial charge in [0.15, 0.2) is 0 Å². The maximum atomic E-state index is 12.7. The molecule has 1 saturated heterocycles. The topological polar surface area (TPSA) is 32.3 Å². The zero-order valence-corrected chi connectivity index (χ0v) is 13.3. The van der Waals surface area contributed by atoms with Crippen molar-refractivity contribution in [3.63, 3.8) is 0 Å². The molecule has 1 N–H and O–H groups in total. The molecule has 3 atom stereocenters. The molecule has 114 valence electrons. The monoisotopic (exact) mass is 278 g/mol. The van der Waals surface area contributed by atoms with Crippen LogP contribution in [0.1, 0.15) is 65.7 Å². The normalized spacial score (nSPS) is 36.1. The van der Waals surface area contributed by atoms with E-state index in [1.165, 1.54) is 25.7 Å². The van der Waals surface area contributed by atoms with E-state index < -0.39 is 0 Å². The number of carbonyl (C=O) groups is 1. The van der Waals surface area contributed by atoms with E-state index in [0.717, 1.165) is 37.6 Å². The van der Waals surface area contributed by atoms with Crippen molar-refractivity contribution in [3.05, 3.63) is 0 Å². The summed E-state index contributed by atoms with van der Waals surface area (Å²) in [5.74, 6) is 2.62. The molecule has 3 rings (SSSR count). The molecule has 3 heteroatoms. The fourth-order valence-corrected chi connectivity index (χ4v) is 4.20. The van der Waals surface area contributed by atoms with Gasteiger partial charge in [0.05, 0.1) is 11.7 Å². The molecule has 1 spiro atoms. The average molecular weight is 278 g/mol. The van der Waals surface area contributed by atoms with Gasteiger partial charge < -0.3 is 4.90 Å². The van der Waals surface area contributed by atoms with Crippen LogP contribution in [-0.4, -0.2) is 29.1 Å². The van der Waals surface area contributed by atoms with E-state index in [-0.39, 0.29) is 5.54 Å². The predicted octanol–water partition coefficient (Wildman–Crippen LogP) is 3.15. The number of hydrogen-bond acceptors (Lipinski definition) is 2. The Morgan fingerprint density at radius 3 is 2.70 bits per heavy atom. The van der Waals surface area contributed by atoms with E-state index in [9.17, 15) is 4.79 Å². The van der Waals surface area contributed by atoms with Crippen LogP contribution in [0.5, 0.6) is 0 Å². The van der Waals surface area contributed by atoms with Crippen molar-refractivity contribution in [3.8, 4) is 0 Å². The standard InChI is InChI=1S/C17H30N2O/c1-12(2)9-15-18-17(7-8-17)16(20)19(15)11-14-6-4-5-13(3)10-14/h12-15,18H,4-11H2,1-3H3. The Balaban J connectivity index is 1.66. The minimum atomic E-state index is -0.139. The first-order chi connectivity index (χ1) is 9.50. The molecule has 0 bridgehead atoms. The van der Waals surface area contributed by atoms with E-state index in [2.05, 4.69) is 31.0 Å². The van der Waals surface area contributed by atoms with Crippen molar-refractivity contribution >= 4 is 5.91 Å². The van der Waals surface area contributed by atoms with Crippen molar-refractivity contribution < 1.29 is 4.79 Å². The molecule has 0 radical (unpaired) electrons. The Morgan fingerprint density at radius 2 is 2.10 bits per heavy atom. The molecular weight excluding hydrogens is 248 g/mol. The number of carbonyl (C=O) groups excluding carboxylic acids is 1. The molecule has 3 nitrogen and oxygen atoms in total. The Bertz CT molecular complexity index is 375. The van der Waals surface area contributed by atoms with Gasteiger partial charge in [0, 0.05) is 6.54 Å². The number of nitrogens with one attached hydrogen (secondary N) is 1. The smallest absolute Gasteiger partial charge is 0.244 e. The zero-order valence-electron chi connectivity index (χ0n) is 13.3. The highest BCUT2D eigenvalue weighted by Crippen LogP contribution is 2.44. The lowest BCUT2D eigenvalue weighted by Gasteiger charge is -2.33. The summed E-state index contributed by atoms with van der Waals surface area (Å²) in [6.07, 6.45) is 8.85. The highest BCUT2D eigenvalue weighted by molar-refractivity contribution is 5.91. The fraction of sp³-hybridized carbons (Fsp3) is 0.941. The van der Waals surface area contributed by atoms with Crippen LogP contribution in [0.15, 0.2) is 0 Å². The van der Waals surface area contributed by atoms with Crippen LogP contribution in [0, 0.1) is 17.8 Å². The van der Waals surface area contributed by atoms with Crippen LogP contribution in [0.25, 0.3) is 0 Å². The van der Waals surface area contributed by atoms with Crippen LogP contribution in [0.3, 0.4) is 0 Å². The maximum absolute atomic E-state index is 12.7. The summed E-state index contributed by atoms with van der Waals surface area (Å²) in [5, 5.41) is 3.65. The third kappa shape index (κ3) is 2.74. The molecule has 1 heterocycles. The zero-order chi connectivity index (χ0) is 14.3. The molecule has 0 aromatic heterocycles. The molecule has 20 heavy (non-hydrogen) atoms. The molecule has 3 unspecified atom stereocenters. The van der Waals surface area contributed by atoms with Gasteiger partial charge in [-0.1, -0.05) is 33.6 Å². The number of rotatable bonds is 4.